The van der Waals surface area contributed by atoms with Crippen molar-refractivity contribution >= 4 is 5.91 Å². The molecule has 110 valence electrons. The molecule has 0 aliphatic rings. The van der Waals surface area contributed by atoms with Gasteiger partial charge in [-0.25, -0.2) is 0 Å². The molecule has 2 nitrogen and oxygen atoms in total. The van der Waals surface area contributed by atoms with Crippen LogP contribution in [0.4, 0.5) is 0 Å². The highest BCUT2D eigenvalue weighted by Gasteiger charge is 2.17. The molecule has 0 rings (SSSR count). The second-order valence-electron chi connectivity index (χ2n) is 5.32. The van der Waals surface area contributed by atoms with Gasteiger partial charge in [-0.15, -0.1) is 0 Å². The second kappa shape index (κ2) is 10.8. The van der Waals surface area contributed by atoms with Gasteiger partial charge in [0.15, 0.2) is 0 Å². The van der Waals surface area contributed by atoms with Crippen LogP contribution in [0.1, 0.15) is 66.2 Å². The number of hydrogen-bond acceptors (Lipinski definition) is 1. The lowest BCUT2D eigenvalue weighted by Crippen LogP contribution is -2.38. The van der Waals surface area contributed by atoms with E-state index in [1.807, 2.05) is 11.8 Å². The standard InChI is InChI=1S/C17H31NO/c1-6-9-10-11-13-18(16(5)12-7-2)17(19)14-15(4)8-3/h8,14,16H,3,6-7,9-13H2,1-2,4-5H3. The zero-order chi connectivity index (χ0) is 14.7. The van der Waals surface area contributed by atoms with Gasteiger partial charge in [-0.1, -0.05) is 52.2 Å². The highest BCUT2D eigenvalue weighted by Crippen LogP contribution is 2.11. The van der Waals surface area contributed by atoms with E-state index in [1.54, 1.807) is 12.2 Å². The van der Waals surface area contributed by atoms with E-state index in [0.29, 0.717) is 6.04 Å². The molecule has 2 heteroatoms. The molecular weight excluding hydrogens is 234 g/mol. The lowest BCUT2D eigenvalue weighted by Gasteiger charge is -2.28. The molecule has 0 spiro atoms. The summed E-state index contributed by atoms with van der Waals surface area (Å²) in [5, 5.41) is 0. The number of rotatable bonds is 10. The van der Waals surface area contributed by atoms with E-state index in [-0.39, 0.29) is 5.91 Å². The van der Waals surface area contributed by atoms with Crippen molar-refractivity contribution in [1.82, 2.24) is 4.90 Å². The maximum atomic E-state index is 12.3. The lowest BCUT2D eigenvalue weighted by molar-refractivity contribution is -0.128. The van der Waals surface area contributed by atoms with Gasteiger partial charge < -0.3 is 4.90 Å². The van der Waals surface area contributed by atoms with Crippen molar-refractivity contribution in [2.24, 2.45) is 0 Å². The van der Waals surface area contributed by atoms with E-state index in [4.69, 9.17) is 0 Å². The molecule has 0 saturated carbocycles. The third kappa shape index (κ3) is 7.86. The van der Waals surface area contributed by atoms with Gasteiger partial charge in [0, 0.05) is 18.7 Å². The minimum Gasteiger partial charge on any atom is -0.336 e. The van der Waals surface area contributed by atoms with Gasteiger partial charge >= 0.3 is 0 Å². The predicted octanol–water partition coefficient (Wildman–Crippen LogP) is 4.72. The molecule has 19 heavy (non-hydrogen) atoms. The number of hydrogen-bond donors (Lipinski definition) is 0. The second-order valence-corrected chi connectivity index (χ2v) is 5.32. The predicted molar refractivity (Wildman–Crippen MR) is 84.2 cm³/mol. The fourth-order valence-electron chi connectivity index (χ4n) is 2.17. The molecule has 0 bridgehead atoms. The van der Waals surface area contributed by atoms with Crippen LogP contribution in [0, 0.1) is 0 Å². The van der Waals surface area contributed by atoms with E-state index in [1.165, 1.54) is 19.3 Å². The van der Waals surface area contributed by atoms with Gasteiger partial charge in [0.1, 0.15) is 0 Å². The maximum absolute atomic E-state index is 12.3. The molecule has 1 amide bonds. The zero-order valence-corrected chi connectivity index (χ0v) is 13.2. The molecule has 0 aromatic carbocycles. The smallest absolute Gasteiger partial charge is 0.247 e. The Morgan fingerprint density at radius 3 is 2.42 bits per heavy atom. The Hall–Kier alpha value is -1.05. The normalized spacial score (nSPS) is 13.2. The average Bonchev–Trinajstić information content (AvgIpc) is 2.38. The summed E-state index contributed by atoms with van der Waals surface area (Å²) in [5.74, 6) is 0.134. The Morgan fingerprint density at radius 1 is 1.21 bits per heavy atom. The molecular formula is C17H31NO. The van der Waals surface area contributed by atoms with Crippen LogP contribution in [-0.4, -0.2) is 23.4 Å². The van der Waals surface area contributed by atoms with Crippen molar-refractivity contribution in [3.63, 3.8) is 0 Å². The fraction of sp³-hybridized carbons (Fsp3) is 0.706. The number of allylic oxidation sites excluding steroid dienone is 2. The molecule has 1 unspecified atom stereocenters. The molecule has 1 atom stereocenters. The van der Waals surface area contributed by atoms with E-state index in [2.05, 4.69) is 27.4 Å². The van der Waals surface area contributed by atoms with E-state index in [9.17, 15) is 4.79 Å². The van der Waals surface area contributed by atoms with Crippen molar-refractivity contribution in [2.45, 2.75) is 72.3 Å². The van der Waals surface area contributed by atoms with Gasteiger partial charge in [0.05, 0.1) is 0 Å². The minimum absolute atomic E-state index is 0.134. The molecule has 0 N–H and O–H groups in total. The van der Waals surface area contributed by atoms with Crippen molar-refractivity contribution in [3.8, 4) is 0 Å². The third-order valence-electron chi connectivity index (χ3n) is 3.45. The highest BCUT2D eigenvalue weighted by molar-refractivity contribution is 5.88. The van der Waals surface area contributed by atoms with E-state index in [0.717, 1.165) is 31.4 Å². The first-order valence-corrected chi connectivity index (χ1v) is 7.68. The third-order valence-corrected chi connectivity index (χ3v) is 3.45. The fourth-order valence-corrected chi connectivity index (χ4v) is 2.17. The number of amides is 1. The Balaban J connectivity index is 4.56. The van der Waals surface area contributed by atoms with Crippen molar-refractivity contribution in [1.29, 1.82) is 0 Å². The monoisotopic (exact) mass is 265 g/mol. The van der Waals surface area contributed by atoms with Crippen LogP contribution >= 0.6 is 0 Å². The number of carbonyl (C=O) groups is 1. The summed E-state index contributed by atoms with van der Waals surface area (Å²) in [4.78, 5) is 14.3. The topological polar surface area (TPSA) is 20.3 Å². The van der Waals surface area contributed by atoms with Gasteiger partial charge in [0.2, 0.25) is 5.91 Å². The van der Waals surface area contributed by atoms with Crippen LogP contribution in [0.2, 0.25) is 0 Å². The number of nitrogens with zero attached hydrogens (tertiary/aromatic N) is 1. The molecule has 0 radical (unpaired) electrons. The maximum Gasteiger partial charge on any atom is 0.247 e. The zero-order valence-electron chi connectivity index (χ0n) is 13.2. The molecule has 0 aromatic rings. The van der Waals surface area contributed by atoms with E-state index < -0.39 is 0 Å². The first kappa shape index (κ1) is 17.9. The lowest BCUT2D eigenvalue weighted by atomic mass is 10.1. The first-order valence-electron chi connectivity index (χ1n) is 7.68. The first-order chi connectivity index (χ1) is 9.06. The van der Waals surface area contributed by atoms with Gasteiger partial charge in [-0.2, -0.15) is 0 Å². The molecule has 0 aliphatic carbocycles. The summed E-state index contributed by atoms with van der Waals surface area (Å²) < 4.78 is 0. The molecule has 0 heterocycles. The van der Waals surface area contributed by atoms with Gasteiger partial charge in [-0.05, 0) is 32.3 Å². The summed E-state index contributed by atoms with van der Waals surface area (Å²) in [7, 11) is 0. The summed E-state index contributed by atoms with van der Waals surface area (Å²) in [6.45, 7) is 13.0. The quantitative estimate of drug-likeness (QED) is 0.318. The van der Waals surface area contributed by atoms with Crippen LogP contribution in [0.3, 0.4) is 0 Å². The Labute approximate surface area is 119 Å². The van der Waals surface area contributed by atoms with Crippen molar-refractivity contribution in [3.05, 3.63) is 24.3 Å². The van der Waals surface area contributed by atoms with Crippen LogP contribution in [-0.2, 0) is 4.79 Å². The SMILES string of the molecule is C=CC(C)=CC(=O)N(CCCCCC)C(C)CCC. The Kier molecular flexibility index (Phi) is 10.2. The van der Waals surface area contributed by atoms with Crippen LogP contribution in [0.25, 0.3) is 0 Å². The largest absolute Gasteiger partial charge is 0.336 e. The Morgan fingerprint density at radius 2 is 1.89 bits per heavy atom. The van der Waals surface area contributed by atoms with Crippen LogP contribution < -0.4 is 0 Å². The minimum atomic E-state index is 0.134. The molecule has 0 aromatic heterocycles. The highest BCUT2D eigenvalue weighted by atomic mass is 16.2. The number of unbranched alkanes of at least 4 members (excludes halogenated alkanes) is 3. The summed E-state index contributed by atoms with van der Waals surface area (Å²) in [5.41, 5.74) is 0.937. The average molecular weight is 265 g/mol. The van der Waals surface area contributed by atoms with Crippen LogP contribution in [0.15, 0.2) is 24.3 Å². The van der Waals surface area contributed by atoms with Gasteiger partial charge in [0.25, 0.3) is 0 Å². The van der Waals surface area contributed by atoms with E-state index >= 15 is 0 Å². The van der Waals surface area contributed by atoms with Crippen molar-refractivity contribution in [2.75, 3.05) is 6.54 Å². The molecule has 0 aliphatic heterocycles. The summed E-state index contributed by atoms with van der Waals surface area (Å²) >= 11 is 0. The molecule has 0 fully saturated rings. The van der Waals surface area contributed by atoms with Crippen LogP contribution in [0.5, 0.6) is 0 Å². The van der Waals surface area contributed by atoms with Crippen molar-refractivity contribution < 1.29 is 4.79 Å². The number of carbonyl (C=O) groups excluding carboxylic acids is 1. The molecule has 0 saturated heterocycles. The summed E-state index contributed by atoms with van der Waals surface area (Å²) in [6.07, 6.45) is 10.4. The summed E-state index contributed by atoms with van der Waals surface area (Å²) in [6, 6.07) is 0.327. The Bertz CT molecular complexity index is 294. The van der Waals surface area contributed by atoms with Gasteiger partial charge in [-0.3, -0.25) is 4.79 Å².